The van der Waals surface area contributed by atoms with Crippen LogP contribution in [0, 0.1) is 12.7 Å². The molecule has 29 heavy (non-hydrogen) atoms. The van der Waals surface area contributed by atoms with E-state index in [9.17, 15) is 4.39 Å². The zero-order valence-electron chi connectivity index (χ0n) is 16.3. The Hall–Kier alpha value is -3.67. The van der Waals surface area contributed by atoms with E-state index in [2.05, 4.69) is 9.97 Å². The van der Waals surface area contributed by atoms with Crippen molar-refractivity contribution in [3.63, 3.8) is 0 Å². The molecule has 4 rings (SSSR count). The monoisotopic (exact) mass is 390 g/mol. The van der Waals surface area contributed by atoms with E-state index in [1.807, 2.05) is 31.2 Å². The molecule has 0 fully saturated rings. The van der Waals surface area contributed by atoms with Crippen LogP contribution in [0.4, 0.5) is 4.39 Å². The third kappa shape index (κ3) is 3.82. The van der Waals surface area contributed by atoms with Gasteiger partial charge in [0.2, 0.25) is 5.88 Å². The Morgan fingerprint density at radius 3 is 2.21 bits per heavy atom. The van der Waals surface area contributed by atoms with Gasteiger partial charge in [-0.2, -0.15) is 0 Å². The van der Waals surface area contributed by atoms with Crippen molar-refractivity contribution in [1.29, 1.82) is 0 Å². The van der Waals surface area contributed by atoms with Crippen LogP contribution in [0.2, 0.25) is 0 Å². The summed E-state index contributed by atoms with van der Waals surface area (Å²) in [7, 11) is 3.17. The summed E-state index contributed by atoms with van der Waals surface area (Å²) in [6.45, 7) is 1.89. The molecular weight excluding hydrogens is 371 g/mol. The highest BCUT2D eigenvalue weighted by Crippen LogP contribution is 2.35. The summed E-state index contributed by atoms with van der Waals surface area (Å²) in [4.78, 5) is 9.15. The van der Waals surface area contributed by atoms with Gasteiger partial charge in [0.25, 0.3) is 0 Å². The van der Waals surface area contributed by atoms with Gasteiger partial charge in [0.05, 0.1) is 19.7 Å². The first-order chi connectivity index (χ1) is 14.1. The Labute approximate surface area is 167 Å². The van der Waals surface area contributed by atoms with E-state index in [1.165, 1.54) is 12.1 Å². The fourth-order valence-corrected chi connectivity index (χ4v) is 3.04. The lowest BCUT2D eigenvalue weighted by molar-refractivity contribution is 0.355. The van der Waals surface area contributed by atoms with Crippen molar-refractivity contribution in [3.05, 3.63) is 72.2 Å². The standard InChI is InChI=1S/C23H19FN2O3/c1-14-4-10-19(23(25-14)15-5-8-17(24)9-6-15)29-22-11-7-16-12-20(27-2)21(28-3)13-18(16)26-22/h4-13H,1-3H3. The molecule has 0 atom stereocenters. The molecule has 0 amide bonds. The molecule has 0 unspecified atom stereocenters. The molecule has 0 bridgehead atoms. The lowest BCUT2D eigenvalue weighted by Crippen LogP contribution is -1.96. The maximum atomic E-state index is 13.3. The van der Waals surface area contributed by atoms with Gasteiger partial charge in [0.15, 0.2) is 17.2 Å². The molecule has 0 aliphatic carbocycles. The number of aryl methyl sites for hydroxylation is 1. The van der Waals surface area contributed by atoms with E-state index in [0.717, 1.165) is 16.6 Å². The largest absolute Gasteiger partial charge is 0.493 e. The van der Waals surface area contributed by atoms with E-state index in [0.29, 0.717) is 34.3 Å². The van der Waals surface area contributed by atoms with Crippen molar-refractivity contribution in [2.45, 2.75) is 6.92 Å². The molecule has 5 nitrogen and oxygen atoms in total. The van der Waals surface area contributed by atoms with E-state index in [1.54, 1.807) is 38.5 Å². The maximum absolute atomic E-state index is 13.3. The molecule has 0 aliphatic heterocycles. The van der Waals surface area contributed by atoms with Crippen molar-refractivity contribution < 1.29 is 18.6 Å². The molecule has 2 aromatic carbocycles. The molecule has 4 aromatic rings. The summed E-state index contributed by atoms with van der Waals surface area (Å²) >= 11 is 0. The highest BCUT2D eigenvalue weighted by molar-refractivity contribution is 5.83. The van der Waals surface area contributed by atoms with E-state index in [4.69, 9.17) is 14.2 Å². The second-order valence-electron chi connectivity index (χ2n) is 6.46. The van der Waals surface area contributed by atoms with Gasteiger partial charge in [-0.3, -0.25) is 0 Å². The number of rotatable bonds is 5. The molecule has 6 heteroatoms. The number of methoxy groups -OCH3 is 2. The summed E-state index contributed by atoms with van der Waals surface area (Å²) in [5, 5.41) is 0.899. The summed E-state index contributed by atoms with van der Waals surface area (Å²) in [6, 6.07) is 17.2. The van der Waals surface area contributed by atoms with Crippen molar-refractivity contribution in [3.8, 4) is 34.4 Å². The zero-order chi connectivity index (χ0) is 20.4. The molecule has 2 heterocycles. The molecule has 0 aliphatic rings. The van der Waals surface area contributed by atoms with Gasteiger partial charge < -0.3 is 14.2 Å². The van der Waals surface area contributed by atoms with Crippen LogP contribution >= 0.6 is 0 Å². The highest BCUT2D eigenvalue weighted by Gasteiger charge is 2.12. The average molecular weight is 390 g/mol. The smallest absolute Gasteiger partial charge is 0.219 e. The minimum atomic E-state index is -0.301. The Bertz CT molecular complexity index is 1180. The number of ether oxygens (including phenoxy) is 3. The fourth-order valence-electron chi connectivity index (χ4n) is 3.04. The van der Waals surface area contributed by atoms with Crippen molar-refractivity contribution in [1.82, 2.24) is 9.97 Å². The van der Waals surface area contributed by atoms with Crippen LogP contribution in [-0.2, 0) is 0 Å². The van der Waals surface area contributed by atoms with Crippen LogP contribution in [0.5, 0.6) is 23.1 Å². The first-order valence-corrected chi connectivity index (χ1v) is 9.01. The van der Waals surface area contributed by atoms with E-state index < -0.39 is 0 Å². The third-order valence-corrected chi connectivity index (χ3v) is 4.50. The summed E-state index contributed by atoms with van der Waals surface area (Å²) < 4.78 is 30.1. The second-order valence-corrected chi connectivity index (χ2v) is 6.46. The Kier molecular flexibility index (Phi) is 4.99. The highest BCUT2D eigenvalue weighted by atomic mass is 19.1. The lowest BCUT2D eigenvalue weighted by atomic mass is 10.1. The van der Waals surface area contributed by atoms with Gasteiger partial charge in [0, 0.05) is 28.8 Å². The van der Waals surface area contributed by atoms with Crippen molar-refractivity contribution in [2.75, 3.05) is 14.2 Å². The van der Waals surface area contributed by atoms with Crippen LogP contribution in [-0.4, -0.2) is 24.2 Å². The van der Waals surface area contributed by atoms with Gasteiger partial charge in [-0.25, -0.2) is 14.4 Å². The van der Waals surface area contributed by atoms with E-state index in [-0.39, 0.29) is 5.82 Å². The first kappa shape index (κ1) is 18.7. The summed E-state index contributed by atoms with van der Waals surface area (Å²) in [6.07, 6.45) is 0. The van der Waals surface area contributed by atoms with Crippen LogP contribution in [0.3, 0.4) is 0 Å². The SMILES string of the molecule is COc1cc2ccc(Oc3ccc(C)nc3-c3ccc(F)cc3)nc2cc1OC. The Balaban J connectivity index is 1.74. The van der Waals surface area contributed by atoms with Gasteiger partial charge in [-0.15, -0.1) is 0 Å². The minimum Gasteiger partial charge on any atom is -0.493 e. The second kappa shape index (κ2) is 7.75. The van der Waals surface area contributed by atoms with Crippen LogP contribution < -0.4 is 14.2 Å². The number of aromatic nitrogens is 2. The average Bonchev–Trinajstić information content (AvgIpc) is 2.74. The quantitative estimate of drug-likeness (QED) is 0.447. The van der Waals surface area contributed by atoms with Gasteiger partial charge in [-0.05, 0) is 55.5 Å². The molecule has 0 N–H and O–H groups in total. The number of pyridine rings is 2. The van der Waals surface area contributed by atoms with E-state index >= 15 is 0 Å². The molecule has 0 radical (unpaired) electrons. The first-order valence-electron chi connectivity index (χ1n) is 9.01. The van der Waals surface area contributed by atoms with Gasteiger partial charge >= 0.3 is 0 Å². The molecule has 0 spiro atoms. The molecule has 0 saturated heterocycles. The fraction of sp³-hybridized carbons (Fsp3) is 0.130. The number of hydrogen-bond acceptors (Lipinski definition) is 5. The number of fused-ring (bicyclic) bond motifs is 1. The lowest BCUT2D eigenvalue weighted by Gasteiger charge is -2.12. The number of halogens is 1. The van der Waals surface area contributed by atoms with Gasteiger partial charge in [-0.1, -0.05) is 0 Å². The predicted octanol–water partition coefficient (Wildman–Crippen LogP) is 5.55. The number of hydrogen-bond donors (Lipinski definition) is 0. The third-order valence-electron chi connectivity index (χ3n) is 4.50. The number of nitrogens with zero attached hydrogens (tertiary/aromatic N) is 2. The van der Waals surface area contributed by atoms with Crippen molar-refractivity contribution >= 4 is 10.9 Å². The molecular formula is C23H19FN2O3. The molecule has 2 aromatic heterocycles. The topological polar surface area (TPSA) is 53.5 Å². The van der Waals surface area contributed by atoms with Crippen LogP contribution in [0.25, 0.3) is 22.2 Å². The molecule has 146 valence electrons. The van der Waals surface area contributed by atoms with Crippen LogP contribution in [0.1, 0.15) is 5.69 Å². The van der Waals surface area contributed by atoms with Crippen molar-refractivity contribution in [2.24, 2.45) is 0 Å². The van der Waals surface area contributed by atoms with Gasteiger partial charge in [0.1, 0.15) is 11.5 Å². The summed E-state index contributed by atoms with van der Waals surface area (Å²) in [5.41, 5.74) is 2.93. The maximum Gasteiger partial charge on any atom is 0.219 e. The Morgan fingerprint density at radius 1 is 0.759 bits per heavy atom. The minimum absolute atomic E-state index is 0.301. The predicted molar refractivity (Wildman–Crippen MR) is 109 cm³/mol. The number of benzene rings is 2. The Morgan fingerprint density at radius 2 is 1.48 bits per heavy atom. The van der Waals surface area contributed by atoms with Crippen LogP contribution in [0.15, 0.2) is 60.7 Å². The summed E-state index contributed by atoms with van der Waals surface area (Å²) in [5.74, 6) is 1.88. The normalized spacial score (nSPS) is 10.8. The zero-order valence-corrected chi connectivity index (χ0v) is 16.3. The molecule has 0 saturated carbocycles.